The van der Waals surface area contributed by atoms with Crippen molar-refractivity contribution in [2.45, 2.75) is 62.8 Å². The molecule has 48 heavy (non-hydrogen) atoms. The Labute approximate surface area is 298 Å². The van der Waals surface area contributed by atoms with Crippen LogP contribution >= 0.6 is 31.9 Å². The number of carbonyl (C=O) groups is 2. The van der Waals surface area contributed by atoms with E-state index in [0.29, 0.717) is 24.0 Å². The molecule has 0 aromatic heterocycles. The largest absolute Gasteiger partial charge is 0.292 e. The second-order valence-corrected chi connectivity index (χ2v) is 14.6. The molecule has 6 unspecified atom stereocenters. The zero-order valence-corrected chi connectivity index (χ0v) is 29.7. The first-order chi connectivity index (χ1) is 23.5. The first-order valence-electron chi connectivity index (χ1n) is 16.7. The second-order valence-electron chi connectivity index (χ2n) is 12.8. The lowest BCUT2D eigenvalue weighted by atomic mass is 9.80. The topological polar surface area (TPSA) is 59.1 Å². The number of rotatable bonds is 6. The molecule has 6 nitrogen and oxygen atoms in total. The fraction of sp³-hybridized carbons (Fsp3) is 0.300. The molecule has 4 aromatic rings. The van der Waals surface area contributed by atoms with Crippen molar-refractivity contribution in [1.29, 1.82) is 0 Å². The van der Waals surface area contributed by atoms with Gasteiger partial charge in [-0.2, -0.15) is 0 Å². The Kier molecular flexibility index (Phi) is 10.2. The van der Waals surface area contributed by atoms with Crippen LogP contribution in [0.2, 0.25) is 0 Å². The summed E-state index contributed by atoms with van der Waals surface area (Å²) in [5, 5.41) is 3.71. The number of benzene rings is 4. The van der Waals surface area contributed by atoms with Crippen LogP contribution in [0.15, 0.2) is 130 Å². The maximum absolute atomic E-state index is 14.3. The Morgan fingerprint density at radius 2 is 0.896 bits per heavy atom. The summed E-state index contributed by atoms with van der Waals surface area (Å²) in [5.74, 6) is 0.0482. The summed E-state index contributed by atoms with van der Waals surface area (Å²) < 4.78 is 1.87. The van der Waals surface area contributed by atoms with Gasteiger partial charge < -0.3 is 0 Å². The van der Waals surface area contributed by atoms with Crippen LogP contribution in [-0.2, 0) is 9.68 Å². The average molecular weight is 771 g/mol. The van der Waals surface area contributed by atoms with E-state index in [2.05, 4.69) is 44.0 Å². The number of anilines is 2. The number of carbonyl (C=O) groups excluding carboxylic acids is 2. The maximum atomic E-state index is 14.3. The first kappa shape index (κ1) is 33.0. The molecule has 4 aromatic carbocycles. The maximum Gasteiger partial charge on any atom is 0.188 e. The quantitative estimate of drug-likeness (QED) is 0.144. The third kappa shape index (κ3) is 6.95. The van der Waals surface area contributed by atoms with Crippen LogP contribution in [0.3, 0.4) is 0 Å². The highest BCUT2D eigenvalue weighted by molar-refractivity contribution is 9.10. The first-order valence-corrected chi connectivity index (χ1v) is 18.3. The van der Waals surface area contributed by atoms with Gasteiger partial charge in [-0.1, -0.05) is 105 Å². The molecule has 0 N–H and O–H groups in total. The molecular weight excluding hydrogens is 732 g/mol. The zero-order valence-electron chi connectivity index (χ0n) is 26.5. The van der Waals surface area contributed by atoms with Crippen molar-refractivity contribution in [3.8, 4) is 0 Å². The Bertz CT molecular complexity index is 1600. The minimum Gasteiger partial charge on any atom is -0.292 e. The molecule has 0 saturated carbocycles. The van der Waals surface area contributed by atoms with Crippen LogP contribution < -0.4 is 10.1 Å². The number of hydroxylamine groups is 2. The van der Waals surface area contributed by atoms with Crippen molar-refractivity contribution in [1.82, 2.24) is 0 Å². The average Bonchev–Trinajstić information content (AvgIpc) is 3.67. The number of halogens is 2. The molecule has 2 fully saturated rings. The monoisotopic (exact) mass is 768 g/mol. The molecule has 0 amide bonds. The van der Waals surface area contributed by atoms with Crippen LogP contribution in [0.25, 0.3) is 0 Å². The summed E-state index contributed by atoms with van der Waals surface area (Å²) in [6.45, 7) is 0. The van der Waals surface area contributed by atoms with E-state index in [9.17, 15) is 9.59 Å². The summed E-state index contributed by atoms with van der Waals surface area (Å²) in [4.78, 5) is 42.2. The lowest BCUT2D eigenvalue weighted by Crippen LogP contribution is -2.40. The number of hydrogen-bond donors (Lipinski definition) is 0. The molecule has 3 aliphatic rings. The van der Waals surface area contributed by atoms with E-state index >= 15 is 0 Å². The standard InChI is InChI=1S/C40H38Br2N2O4/c41-29-21-17-27(18-22-29)39(45)37-33-15-9-1-2-10-16-34-36(26-25-35(33)47-43(37)31-11-5-3-6-12-31)48-44(32-13-7-4-8-14-32)38(34)40(46)28-19-23-30(42)24-20-28/h1-8,11-14,17-24,33-38H,9-10,15-16,25-26H2/b2-1-. The van der Waals surface area contributed by atoms with Gasteiger partial charge in [-0.25, -0.2) is 10.1 Å². The van der Waals surface area contributed by atoms with E-state index in [0.717, 1.165) is 46.0 Å². The zero-order chi connectivity index (χ0) is 33.0. The van der Waals surface area contributed by atoms with Crippen molar-refractivity contribution < 1.29 is 19.3 Å². The summed E-state index contributed by atoms with van der Waals surface area (Å²) in [7, 11) is 0. The third-order valence-corrected chi connectivity index (χ3v) is 10.9. The summed E-state index contributed by atoms with van der Waals surface area (Å²) in [6, 6.07) is 34.1. The predicted molar refractivity (Wildman–Crippen MR) is 196 cm³/mol. The number of hydrogen-bond acceptors (Lipinski definition) is 6. The van der Waals surface area contributed by atoms with E-state index in [4.69, 9.17) is 9.68 Å². The Balaban J connectivity index is 1.22. The number of nitrogens with zero attached hydrogens (tertiary/aromatic N) is 2. The van der Waals surface area contributed by atoms with Gasteiger partial charge in [0.2, 0.25) is 0 Å². The highest BCUT2D eigenvalue weighted by atomic mass is 79.9. The van der Waals surface area contributed by atoms with Gasteiger partial charge in [-0.3, -0.25) is 19.3 Å². The van der Waals surface area contributed by atoms with Gasteiger partial charge in [0.15, 0.2) is 11.6 Å². The van der Waals surface area contributed by atoms with E-state index in [1.54, 1.807) is 0 Å². The number of Topliss-reactive ketones (excluding diaryl/α,β-unsaturated/α-hetero) is 2. The molecular formula is C40H38Br2N2O4. The van der Waals surface area contributed by atoms with Gasteiger partial charge >= 0.3 is 0 Å². The lowest BCUT2D eigenvalue weighted by molar-refractivity contribution is 0.0240. The molecule has 8 heteroatoms. The highest BCUT2D eigenvalue weighted by Gasteiger charge is 2.50. The number of fused-ring (bicyclic) bond motifs is 2. The summed E-state index contributed by atoms with van der Waals surface area (Å²) >= 11 is 7.02. The van der Waals surface area contributed by atoms with Crippen LogP contribution in [0, 0.1) is 11.8 Å². The van der Waals surface area contributed by atoms with Gasteiger partial charge in [0.1, 0.15) is 12.1 Å². The molecule has 2 saturated heterocycles. The predicted octanol–water partition coefficient (Wildman–Crippen LogP) is 9.80. The third-order valence-electron chi connectivity index (χ3n) is 9.82. The molecule has 0 radical (unpaired) electrons. The van der Waals surface area contributed by atoms with Crippen molar-refractivity contribution in [3.05, 3.63) is 141 Å². The van der Waals surface area contributed by atoms with E-state index in [1.165, 1.54) is 0 Å². The molecule has 2 aliphatic heterocycles. The molecule has 2 heterocycles. The number of ketones is 2. The number of para-hydroxylation sites is 2. The minimum atomic E-state index is -0.470. The van der Waals surface area contributed by atoms with Crippen LogP contribution in [-0.4, -0.2) is 35.9 Å². The normalized spacial score (nSPS) is 26.5. The fourth-order valence-electron chi connectivity index (χ4n) is 7.46. The van der Waals surface area contributed by atoms with E-state index in [1.807, 2.05) is 119 Å². The van der Waals surface area contributed by atoms with Crippen molar-refractivity contribution in [2.24, 2.45) is 11.8 Å². The van der Waals surface area contributed by atoms with Crippen LogP contribution in [0.1, 0.15) is 59.2 Å². The fourth-order valence-corrected chi connectivity index (χ4v) is 7.99. The molecule has 0 bridgehead atoms. The van der Waals surface area contributed by atoms with Crippen molar-refractivity contribution in [3.63, 3.8) is 0 Å². The lowest BCUT2D eigenvalue weighted by Gasteiger charge is -2.26. The van der Waals surface area contributed by atoms with Gasteiger partial charge in [-0.05, 0) is 87.1 Å². The molecule has 1 aliphatic carbocycles. The SMILES string of the molecule is O=C(c1ccc(Br)cc1)C1C2CC/C=C\CCC3C(CCC2ON1c1ccccc1)ON(c1ccccc1)C3C(=O)c1ccc(Br)cc1. The molecule has 6 atom stereocenters. The van der Waals surface area contributed by atoms with Gasteiger partial charge in [0, 0.05) is 31.9 Å². The minimum absolute atomic E-state index is 0.0318. The Morgan fingerprint density at radius 3 is 1.27 bits per heavy atom. The van der Waals surface area contributed by atoms with Gasteiger partial charge in [-0.15, -0.1) is 0 Å². The summed E-state index contributed by atoms with van der Waals surface area (Å²) in [6.07, 6.45) is 8.82. The van der Waals surface area contributed by atoms with Crippen molar-refractivity contribution >= 4 is 54.8 Å². The van der Waals surface area contributed by atoms with Gasteiger partial charge in [0.05, 0.1) is 23.6 Å². The van der Waals surface area contributed by atoms with Crippen LogP contribution in [0.4, 0.5) is 11.4 Å². The Hall–Kier alpha value is -3.56. The molecule has 246 valence electrons. The van der Waals surface area contributed by atoms with Crippen molar-refractivity contribution in [2.75, 3.05) is 10.1 Å². The second kappa shape index (κ2) is 14.9. The Morgan fingerprint density at radius 1 is 0.521 bits per heavy atom. The number of allylic oxidation sites excluding steroid dienone is 2. The molecule has 7 rings (SSSR count). The van der Waals surface area contributed by atoms with E-state index in [-0.39, 0.29) is 35.6 Å². The van der Waals surface area contributed by atoms with Gasteiger partial charge in [0.25, 0.3) is 0 Å². The molecule has 0 spiro atoms. The smallest absolute Gasteiger partial charge is 0.188 e. The van der Waals surface area contributed by atoms with Crippen LogP contribution in [0.5, 0.6) is 0 Å². The van der Waals surface area contributed by atoms with E-state index < -0.39 is 12.1 Å². The summed E-state index contributed by atoms with van der Waals surface area (Å²) in [5.41, 5.74) is 3.07. The highest BCUT2D eigenvalue weighted by Crippen LogP contribution is 2.43.